The molecule has 0 radical (unpaired) electrons. The molecule has 84 valence electrons. The molecule has 16 heavy (non-hydrogen) atoms. The van der Waals surface area contributed by atoms with Crippen LogP contribution in [-0.2, 0) is 10.2 Å². The topological polar surface area (TPSA) is 41.1 Å². The Bertz CT molecular complexity index is 452. The number of halogens is 1. The van der Waals surface area contributed by atoms with E-state index in [-0.39, 0.29) is 11.7 Å². The molecule has 1 aromatic rings. The SMILES string of the molecule is O=C1Nc2cccc(F)c2C12CCNCC2. The summed E-state index contributed by atoms with van der Waals surface area (Å²) in [6.07, 6.45) is 1.35. The molecule has 0 bridgehead atoms. The minimum atomic E-state index is -0.633. The zero-order valence-corrected chi connectivity index (χ0v) is 8.85. The minimum Gasteiger partial charge on any atom is -0.325 e. The predicted octanol–water partition coefficient (Wildman–Crippen LogP) is 1.40. The van der Waals surface area contributed by atoms with E-state index in [1.165, 1.54) is 6.07 Å². The number of fused-ring (bicyclic) bond motifs is 2. The maximum absolute atomic E-state index is 13.9. The highest BCUT2D eigenvalue weighted by Gasteiger charge is 2.48. The van der Waals surface area contributed by atoms with Gasteiger partial charge in [-0.25, -0.2) is 4.39 Å². The quantitative estimate of drug-likeness (QED) is 0.694. The van der Waals surface area contributed by atoms with Crippen LogP contribution in [0.25, 0.3) is 0 Å². The summed E-state index contributed by atoms with van der Waals surface area (Å²) in [6.45, 7) is 1.53. The molecule has 2 aliphatic heterocycles. The van der Waals surface area contributed by atoms with E-state index >= 15 is 0 Å². The lowest BCUT2D eigenvalue weighted by atomic mass is 9.74. The van der Waals surface area contributed by atoms with Gasteiger partial charge in [0, 0.05) is 11.3 Å². The lowest BCUT2D eigenvalue weighted by molar-refractivity contribution is -0.121. The summed E-state index contributed by atoms with van der Waals surface area (Å²) in [5.74, 6) is -0.313. The van der Waals surface area contributed by atoms with Gasteiger partial charge in [-0.1, -0.05) is 6.07 Å². The van der Waals surface area contributed by atoms with E-state index in [1.807, 2.05) is 0 Å². The molecule has 3 rings (SSSR count). The number of rotatable bonds is 0. The number of hydrogen-bond donors (Lipinski definition) is 2. The van der Waals surface area contributed by atoms with Crippen molar-refractivity contribution in [3.63, 3.8) is 0 Å². The highest BCUT2D eigenvalue weighted by Crippen LogP contribution is 2.44. The van der Waals surface area contributed by atoms with Gasteiger partial charge in [-0.2, -0.15) is 0 Å². The minimum absolute atomic E-state index is 0.0471. The van der Waals surface area contributed by atoms with Gasteiger partial charge in [0.1, 0.15) is 5.82 Å². The van der Waals surface area contributed by atoms with Crippen LogP contribution in [0.15, 0.2) is 18.2 Å². The first-order valence-corrected chi connectivity index (χ1v) is 5.55. The highest BCUT2D eigenvalue weighted by molar-refractivity contribution is 6.06. The normalized spacial score (nSPS) is 21.9. The molecule has 1 saturated heterocycles. The number of amides is 1. The molecule has 1 fully saturated rings. The van der Waals surface area contributed by atoms with E-state index in [1.54, 1.807) is 12.1 Å². The van der Waals surface area contributed by atoms with Gasteiger partial charge in [-0.15, -0.1) is 0 Å². The second-order valence-electron chi connectivity index (χ2n) is 4.45. The Kier molecular flexibility index (Phi) is 2.01. The van der Waals surface area contributed by atoms with Gasteiger partial charge in [-0.3, -0.25) is 4.79 Å². The molecule has 0 atom stereocenters. The second kappa shape index (κ2) is 3.28. The van der Waals surface area contributed by atoms with Crippen LogP contribution >= 0.6 is 0 Å². The second-order valence-corrected chi connectivity index (χ2v) is 4.45. The van der Waals surface area contributed by atoms with E-state index in [4.69, 9.17) is 0 Å². The molecular weight excluding hydrogens is 207 g/mol. The zero-order chi connectivity index (χ0) is 11.2. The Morgan fingerprint density at radius 1 is 1.25 bits per heavy atom. The summed E-state index contributed by atoms with van der Waals surface area (Å²) in [7, 11) is 0. The van der Waals surface area contributed by atoms with Crippen molar-refractivity contribution in [2.24, 2.45) is 0 Å². The van der Waals surface area contributed by atoms with Crippen molar-refractivity contribution in [3.05, 3.63) is 29.6 Å². The number of carbonyl (C=O) groups is 1. The predicted molar refractivity (Wildman–Crippen MR) is 58.8 cm³/mol. The summed E-state index contributed by atoms with van der Waals surface area (Å²) in [6, 6.07) is 4.84. The molecule has 0 aliphatic carbocycles. The molecule has 2 N–H and O–H groups in total. The van der Waals surface area contributed by atoms with Gasteiger partial charge in [0.2, 0.25) is 5.91 Å². The van der Waals surface area contributed by atoms with E-state index < -0.39 is 5.41 Å². The van der Waals surface area contributed by atoms with Crippen LogP contribution in [-0.4, -0.2) is 19.0 Å². The Balaban J connectivity index is 2.17. The Labute approximate surface area is 93.0 Å². The van der Waals surface area contributed by atoms with Crippen LogP contribution in [0.5, 0.6) is 0 Å². The molecule has 1 aromatic carbocycles. The van der Waals surface area contributed by atoms with Gasteiger partial charge in [0.15, 0.2) is 0 Å². The summed E-state index contributed by atoms with van der Waals surface area (Å²) >= 11 is 0. The number of nitrogens with one attached hydrogen (secondary N) is 2. The summed E-state index contributed by atoms with van der Waals surface area (Å²) in [5.41, 5.74) is 0.583. The van der Waals surface area contributed by atoms with Gasteiger partial charge in [-0.05, 0) is 38.1 Å². The van der Waals surface area contributed by atoms with Crippen LogP contribution in [0.3, 0.4) is 0 Å². The first-order chi connectivity index (χ1) is 7.74. The molecule has 1 amide bonds. The number of anilines is 1. The van der Waals surface area contributed by atoms with Crippen molar-refractivity contribution < 1.29 is 9.18 Å². The smallest absolute Gasteiger partial charge is 0.235 e. The molecule has 2 heterocycles. The molecule has 3 nitrogen and oxygen atoms in total. The van der Waals surface area contributed by atoms with Crippen molar-refractivity contribution in [2.75, 3.05) is 18.4 Å². The van der Waals surface area contributed by atoms with Crippen LogP contribution < -0.4 is 10.6 Å². The van der Waals surface area contributed by atoms with Crippen molar-refractivity contribution in [1.29, 1.82) is 0 Å². The molecule has 0 unspecified atom stereocenters. The molecule has 0 aromatic heterocycles. The van der Waals surface area contributed by atoms with E-state index in [2.05, 4.69) is 10.6 Å². The fourth-order valence-corrected chi connectivity index (χ4v) is 2.80. The summed E-state index contributed by atoms with van der Waals surface area (Å²) in [5, 5.41) is 6.00. The number of piperidine rings is 1. The number of benzene rings is 1. The van der Waals surface area contributed by atoms with E-state index in [0.29, 0.717) is 24.1 Å². The lowest BCUT2D eigenvalue weighted by Crippen LogP contribution is -2.44. The monoisotopic (exact) mass is 220 g/mol. The van der Waals surface area contributed by atoms with E-state index in [0.717, 1.165) is 13.1 Å². The third kappa shape index (κ3) is 1.13. The fourth-order valence-electron chi connectivity index (χ4n) is 2.80. The first kappa shape index (κ1) is 9.78. The van der Waals surface area contributed by atoms with Crippen molar-refractivity contribution in [3.8, 4) is 0 Å². The largest absolute Gasteiger partial charge is 0.325 e. The van der Waals surface area contributed by atoms with Gasteiger partial charge in [0.25, 0.3) is 0 Å². The average molecular weight is 220 g/mol. The van der Waals surface area contributed by atoms with Crippen molar-refractivity contribution >= 4 is 11.6 Å². The van der Waals surface area contributed by atoms with Gasteiger partial charge < -0.3 is 10.6 Å². The molecule has 4 heteroatoms. The van der Waals surface area contributed by atoms with Gasteiger partial charge >= 0.3 is 0 Å². The molecular formula is C12H13FN2O. The number of carbonyl (C=O) groups excluding carboxylic acids is 1. The number of hydrogen-bond acceptors (Lipinski definition) is 2. The highest BCUT2D eigenvalue weighted by atomic mass is 19.1. The van der Waals surface area contributed by atoms with Crippen LogP contribution in [0.1, 0.15) is 18.4 Å². The summed E-state index contributed by atoms with van der Waals surface area (Å²) < 4.78 is 13.9. The van der Waals surface area contributed by atoms with Crippen LogP contribution in [0.4, 0.5) is 10.1 Å². The standard InChI is InChI=1S/C12H13FN2O/c13-8-2-1-3-9-10(8)12(11(16)15-9)4-6-14-7-5-12/h1-3,14H,4-7H2,(H,15,16). The Hall–Kier alpha value is -1.42. The average Bonchev–Trinajstić information content (AvgIpc) is 2.55. The maximum atomic E-state index is 13.9. The Morgan fingerprint density at radius 2 is 2.00 bits per heavy atom. The molecule has 2 aliphatic rings. The van der Waals surface area contributed by atoms with Crippen LogP contribution in [0, 0.1) is 5.82 Å². The fraction of sp³-hybridized carbons (Fsp3) is 0.417. The van der Waals surface area contributed by atoms with E-state index in [9.17, 15) is 9.18 Å². The van der Waals surface area contributed by atoms with Gasteiger partial charge in [0.05, 0.1) is 5.41 Å². The third-order valence-corrected chi connectivity index (χ3v) is 3.63. The Morgan fingerprint density at radius 3 is 2.75 bits per heavy atom. The molecule has 1 spiro atoms. The molecule has 0 saturated carbocycles. The lowest BCUT2D eigenvalue weighted by Gasteiger charge is -2.32. The van der Waals surface area contributed by atoms with Crippen molar-refractivity contribution in [2.45, 2.75) is 18.3 Å². The zero-order valence-electron chi connectivity index (χ0n) is 8.85. The van der Waals surface area contributed by atoms with Crippen LogP contribution in [0.2, 0.25) is 0 Å². The maximum Gasteiger partial charge on any atom is 0.235 e. The first-order valence-electron chi connectivity index (χ1n) is 5.55. The van der Waals surface area contributed by atoms with Crippen molar-refractivity contribution in [1.82, 2.24) is 5.32 Å². The summed E-state index contributed by atoms with van der Waals surface area (Å²) in [4.78, 5) is 12.1. The third-order valence-electron chi connectivity index (χ3n) is 3.63.